The molecule has 196 valence electrons. The van der Waals surface area contributed by atoms with Crippen molar-refractivity contribution in [3.05, 3.63) is 70.5 Å². The van der Waals surface area contributed by atoms with Crippen LogP contribution in [0, 0.1) is 25.7 Å². The summed E-state index contributed by atoms with van der Waals surface area (Å²) in [5, 5.41) is 17.7. The molecular weight excluding hydrogens is 486 g/mol. The van der Waals surface area contributed by atoms with Gasteiger partial charge in [-0.3, -0.25) is 19.6 Å². The van der Waals surface area contributed by atoms with Crippen LogP contribution in [0.4, 0.5) is 4.79 Å². The summed E-state index contributed by atoms with van der Waals surface area (Å²) in [4.78, 5) is 36.2. The van der Waals surface area contributed by atoms with Gasteiger partial charge in [0.05, 0.1) is 5.69 Å². The largest absolute Gasteiger partial charge is 0.481 e. The lowest BCUT2D eigenvalue weighted by Gasteiger charge is -2.09. The number of urea groups is 1. The van der Waals surface area contributed by atoms with Crippen LogP contribution in [0.15, 0.2) is 42.5 Å². The molecule has 4 amide bonds. The van der Waals surface area contributed by atoms with Crippen molar-refractivity contribution in [3.8, 4) is 28.7 Å². The number of carbonyl (C=O) groups excluding carboxylic acids is 3. The Morgan fingerprint density at radius 3 is 2.42 bits per heavy atom. The smallest absolute Gasteiger partial charge is 0.322 e. The summed E-state index contributed by atoms with van der Waals surface area (Å²) < 4.78 is 7.21. The van der Waals surface area contributed by atoms with E-state index < -0.39 is 12.1 Å². The second-order valence-electron chi connectivity index (χ2n) is 8.97. The zero-order valence-corrected chi connectivity index (χ0v) is 21.7. The lowest BCUT2D eigenvalue weighted by molar-refractivity contribution is -0.120. The number of aromatic nitrogens is 2. The summed E-state index contributed by atoms with van der Waals surface area (Å²) in [6.45, 7) is 4.69. The number of benzene rings is 2. The number of fused-ring (bicyclic) bond motifs is 1. The number of aliphatic hydroxyl groups excluding tert-OH is 1. The Morgan fingerprint density at radius 2 is 1.82 bits per heavy atom. The predicted octanol–water partition coefficient (Wildman–Crippen LogP) is 2.23. The van der Waals surface area contributed by atoms with Crippen LogP contribution in [0.1, 0.15) is 38.9 Å². The van der Waals surface area contributed by atoms with E-state index in [4.69, 9.17) is 9.84 Å². The Morgan fingerprint density at radius 1 is 1.08 bits per heavy atom. The third-order valence-electron chi connectivity index (χ3n) is 6.40. The Hall–Kier alpha value is -4.62. The molecule has 5 rings (SSSR count). The van der Waals surface area contributed by atoms with Crippen LogP contribution in [0.2, 0.25) is 0 Å². The van der Waals surface area contributed by atoms with E-state index in [2.05, 4.69) is 27.6 Å². The van der Waals surface area contributed by atoms with Gasteiger partial charge in [-0.15, -0.1) is 0 Å². The van der Waals surface area contributed by atoms with Crippen LogP contribution >= 0.6 is 0 Å². The van der Waals surface area contributed by atoms with Gasteiger partial charge in [-0.1, -0.05) is 42.2 Å². The van der Waals surface area contributed by atoms with Crippen molar-refractivity contribution in [2.75, 3.05) is 20.3 Å². The van der Waals surface area contributed by atoms with Gasteiger partial charge in [0.15, 0.2) is 0 Å². The monoisotopic (exact) mass is 515 g/mol. The van der Waals surface area contributed by atoms with Gasteiger partial charge in [-0.25, -0.2) is 4.79 Å². The van der Waals surface area contributed by atoms with Gasteiger partial charge >= 0.3 is 6.03 Å². The van der Waals surface area contributed by atoms with Crippen LogP contribution in [-0.2, 0) is 18.4 Å². The number of aliphatic hydroxyl groups is 1. The van der Waals surface area contributed by atoms with Crippen molar-refractivity contribution in [1.29, 1.82) is 0 Å². The molecule has 3 aromatic rings. The molecule has 1 fully saturated rings. The van der Waals surface area contributed by atoms with Crippen LogP contribution < -0.4 is 15.4 Å². The number of carbonyl (C=O) groups is 3. The Kier molecular flexibility index (Phi) is 7.79. The Bertz CT molecular complexity index is 1450. The zero-order valence-electron chi connectivity index (χ0n) is 21.7. The first-order valence-corrected chi connectivity index (χ1v) is 12.0. The van der Waals surface area contributed by atoms with Gasteiger partial charge in [0.1, 0.15) is 25.0 Å². The van der Waals surface area contributed by atoms with Crippen molar-refractivity contribution in [2.45, 2.75) is 26.4 Å². The molecule has 0 saturated carbocycles. The van der Waals surface area contributed by atoms with Crippen LogP contribution in [0.25, 0.3) is 11.1 Å². The molecule has 2 aliphatic heterocycles. The van der Waals surface area contributed by atoms with Crippen molar-refractivity contribution in [2.24, 2.45) is 7.05 Å². The highest BCUT2D eigenvalue weighted by Gasteiger charge is 2.30. The van der Waals surface area contributed by atoms with E-state index in [9.17, 15) is 14.4 Å². The van der Waals surface area contributed by atoms with Crippen molar-refractivity contribution in [3.63, 3.8) is 0 Å². The van der Waals surface area contributed by atoms with Crippen molar-refractivity contribution >= 4 is 17.8 Å². The minimum absolute atomic E-state index is 0.0203. The SMILES string of the molecule is CN1Cc2ccc(OCC#CCO)cc2C1=O.Cc1nn(C)c(C)c1-c1ccc(C2NC(=O)NC2=O)cc1. The van der Waals surface area contributed by atoms with Crippen molar-refractivity contribution in [1.82, 2.24) is 25.3 Å². The summed E-state index contributed by atoms with van der Waals surface area (Å²) in [5.74, 6) is 5.47. The number of ether oxygens (including phenoxy) is 1. The topological polar surface area (TPSA) is 126 Å². The van der Waals surface area contributed by atoms with E-state index in [1.54, 1.807) is 18.0 Å². The van der Waals surface area contributed by atoms with Gasteiger partial charge in [0.2, 0.25) is 0 Å². The molecule has 0 aliphatic carbocycles. The number of nitrogens with zero attached hydrogens (tertiary/aromatic N) is 3. The molecule has 1 atom stereocenters. The van der Waals surface area contributed by atoms with Gasteiger partial charge in [0, 0.05) is 37.5 Å². The number of hydrogen-bond acceptors (Lipinski definition) is 6. The molecule has 10 nitrogen and oxygen atoms in total. The lowest BCUT2D eigenvalue weighted by atomic mass is 9.99. The van der Waals surface area contributed by atoms with Gasteiger partial charge in [0.25, 0.3) is 11.8 Å². The standard InChI is InChI=1S/C15H16N4O2.C13H13NO3/c1-8-12(9(2)19(3)18-8)10-4-6-11(7-5-10)13-14(20)17-15(21)16-13;1-14-9-10-4-5-11(8-12(10)13(14)16)17-7-3-2-6-15/h4-7,13H,1-3H3,(H2,16,17,20,21);4-5,8,15H,6-7,9H2,1H3. The summed E-state index contributed by atoms with van der Waals surface area (Å²) in [7, 11) is 3.69. The van der Waals surface area contributed by atoms with E-state index in [1.807, 2.05) is 62.0 Å². The number of imide groups is 1. The van der Waals surface area contributed by atoms with E-state index in [0.717, 1.165) is 33.6 Å². The molecule has 3 heterocycles. The maximum absolute atomic E-state index is 11.7. The highest BCUT2D eigenvalue weighted by Crippen LogP contribution is 2.28. The molecule has 38 heavy (non-hydrogen) atoms. The molecule has 1 aromatic heterocycles. The summed E-state index contributed by atoms with van der Waals surface area (Å²) in [5.41, 5.74) is 6.69. The Labute approximate surface area is 220 Å². The predicted molar refractivity (Wildman–Crippen MR) is 140 cm³/mol. The van der Waals surface area contributed by atoms with Crippen LogP contribution in [0.5, 0.6) is 5.75 Å². The zero-order chi connectivity index (χ0) is 27.4. The quantitative estimate of drug-likeness (QED) is 0.362. The average molecular weight is 516 g/mol. The van der Waals surface area contributed by atoms with Gasteiger partial charge < -0.3 is 20.1 Å². The fraction of sp³-hybridized carbons (Fsp3) is 0.286. The van der Waals surface area contributed by atoms with Gasteiger partial charge in [-0.2, -0.15) is 5.10 Å². The summed E-state index contributed by atoms with van der Waals surface area (Å²) in [6, 6.07) is 12.0. The van der Waals surface area contributed by atoms with Crippen molar-refractivity contribution < 1.29 is 24.2 Å². The molecule has 1 saturated heterocycles. The Balaban J connectivity index is 0.000000181. The normalized spacial score (nSPS) is 15.7. The average Bonchev–Trinajstić information content (AvgIpc) is 3.48. The van der Waals surface area contributed by atoms with Gasteiger partial charge in [-0.05, 0) is 42.7 Å². The number of hydrogen-bond donors (Lipinski definition) is 3. The lowest BCUT2D eigenvalue weighted by Crippen LogP contribution is -2.22. The number of nitrogens with one attached hydrogen (secondary N) is 2. The number of rotatable bonds is 4. The van der Waals surface area contributed by atoms with E-state index in [0.29, 0.717) is 17.9 Å². The highest BCUT2D eigenvalue weighted by molar-refractivity contribution is 6.04. The maximum Gasteiger partial charge on any atom is 0.322 e. The first-order valence-electron chi connectivity index (χ1n) is 12.0. The minimum Gasteiger partial charge on any atom is -0.481 e. The third-order valence-corrected chi connectivity index (χ3v) is 6.40. The van der Waals surface area contributed by atoms with Crippen LogP contribution in [0.3, 0.4) is 0 Å². The molecule has 3 N–H and O–H groups in total. The summed E-state index contributed by atoms with van der Waals surface area (Å²) >= 11 is 0. The third kappa shape index (κ3) is 5.53. The number of aryl methyl sites for hydroxylation is 2. The molecule has 0 radical (unpaired) electrons. The highest BCUT2D eigenvalue weighted by atomic mass is 16.5. The van der Waals surface area contributed by atoms with Crippen LogP contribution in [-0.4, -0.2) is 57.9 Å². The molecule has 2 aliphatic rings. The fourth-order valence-electron chi connectivity index (χ4n) is 4.43. The summed E-state index contributed by atoms with van der Waals surface area (Å²) in [6.07, 6.45) is 0. The van der Waals surface area contributed by atoms with E-state index >= 15 is 0 Å². The first kappa shape index (κ1) is 26.4. The second kappa shape index (κ2) is 11.2. The minimum atomic E-state index is -0.609. The molecule has 1 unspecified atom stereocenters. The first-order chi connectivity index (χ1) is 18.2. The molecule has 0 bridgehead atoms. The van der Waals surface area contributed by atoms with E-state index in [1.165, 1.54) is 0 Å². The second-order valence-corrected chi connectivity index (χ2v) is 8.97. The molecule has 0 spiro atoms. The molecular formula is C28H29N5O5. The fourth-order valence-corrected chi connectivity index (χ4v) is 4.43. The molecule has 10 heteroatoms. The van der Waals surface area contributed by atoms with E-state index in [-0.39, 0.29) is 25.0 Å². The maximum atomic E-state index is 11.7. The number of amides is 4. The molecule has 2 aromatic carbocycles.